The van der Waals surface area contributed by atoms with Gasteiger partial charge < -0.3 is 9.64 Å². The van der Waals surface area contributed by atoms with E-state index in [1.807, 2.05) is 30.0 Å². The topological polar surface area (TPSA) is 131 Å². The smallest absolute Gasteiger partial charge is 0.271 e. The molecule has 0 radical (unpaired) electrons. The number of carbonyl (C=O) groups excluding carboxylic acids is 1. The summed E-state index contributed by atoms with van der Waals surface area (Å²) in [5, 5.41) is 19.1. The molecule has 11 heteroatoms. The minimum absolute atomic E-state index is 0.128. The van der Waals surface area contributed by atoms with Gasteiger partial charge in [-0.15, -0.1) is 0 Å². The van der Waals surface area contributed by atoms with E-state index in [1.165, 1.54) is 36.4 Å². The lowest BCUT2D eigenvalue weighted by Crippen LogP contribution is -2.60. The van der Waals surface area contributed by atoms with Gasteiger partial charge in [0.1, 0.15) is 5.75 Å². The molecule has 44 heavy (non-hydrogen) atoms. The van der Waals surface area contributed by atoms with Crippen molar-refractivity contribution in [2.45, 2.75) is 17.4 Å². The zero-order valence-electron chi connectivity index (χ0n) is 23.9. The Kier molecular flexibility index (Phi) is 7.52. The van der Waals surface area contributed by atoms with Crippen LogP contribution in [-0.2, 0) is 20.4 Å². The maximum Gasteiger partial charge on any atom is 0.271 e. The fourth-order valence-corrected chi connectivity index (χ4v) is 7.59. The van der Waals surface area contributed by atoms with E-state index in [0.29, 0.717) is 60.8 Å². The molecule has 0 saturated carbocycles. The summed E-state index contributed by atoms with van der Waals surface area (Å²) in [6.07, 6.45) is 3.46. The van der Waals surface area contributed by atoms with Crippen LogP contribution in [0, 0.1) is 22.7 Å². The predicted molar refractivity (Wildman–Crippen MR) is 163 cm³/mol. The van der Waals surface area contributed by atoms with Gasteiger partial charge in [-0.05, 0) is 67.6 Å². The molecule has 0 bridgehead atoms. The van der Waals surface area contributed by atoms with E-state index in [9.17, 15) is 18.9 Å². The summed E-state index contributed by atoms with van der Waals surface area (Å²) >= 11 is 0. The first-order valence-corrected chi connectivity index (χ1v) is 15.6. The highest BCUT2D eigenvalue weighted by Crippen LogP contribution is 2.53. The third kappa shape index (κ3) is 4.54. The minimum Gasteiger partial charge on any atom is -0.493 e. The van der Waals surface area contributed by atoms with E-state index in [4.69, 9.17) is 4.74 Å². The molecule has 0 N–H and O–H groups in total. The highest BCUT2D eigenvalue weighted by Gasteiger charge is 2.60. The number of para-hydroxylation sites is 1. The van der Waals surface area contributed by atoms with Crippen molar-refractivity contribution in [3.63, 3.8) is 0 Å². The number of nitriles is 2. The number of fused-ring (bicyclic) bond motifs is 1. The monoisotopic (exact) mass is 604 g/mol. The number of hydrogen-bond donors (Lipinski definition) is 0. The van der Waals surface area contributed by atoms with Crippen LogP contribution in [0.2, 0.25) is 0 Å². The van der Waals surface area contributed by atoms with Crippen LogP contribution in [0.15, 0.2) is 96.2 Å². The maximum atomic E-state index is 15.1. The highest BCUT2D eigenvalue weighted by atomic mass is 32.2. The molecular weight excluding hydrogens is 576 g/mol. The fourth-order valence-electron chi connectivity index (χ4n) is 6.13. The number of hydrogen-bond acceptors (Lipinski definition) is 9. The summed E-state index contributed by atoms with van der Waals surface area (Å²) in [5.41, 5.74) is 1.03. The second kappa shape index (κ2) is 11.5. The summed E-state index contributed by atoms with van der Waals surface area (Å²) in [7, 11) is -4.44. The minimum atomic E-state index is -4.44. The van der Waals surface area contributed by atoms with Gasteiger partial charge in [-0.1, -0.05) is 18.2 Å². The summed E-state index contributed by atoms with van der Waals surface area (Å²) in [6, 6.07) is 25.3. The largest absolute Gasteiger partial charge is 0.493 e. The van der Waals surface area contributed by atoms with Crippen LogP contribution < -0.4 is 13.9 Å². The Morgan fingerprint density at radius 1 is 0.864 bits per heavy atom. The van der Waals surface area contributed by atoms with Crippen LogP contribution in [-0.4, -0.2) is 57.0 Å². The number of nitrogens with zero attached hydrogens (tertiary/aromatic N) is 6. The number of rotatable bonds is 7. The van der Waals surface area contributed by atoms with E-state index in [1.54, 1.807) is 42.7 Å². The number of sulfonamides is 1. The Labute approximate surface area is 256 Å². The Balaban J connectivity index is 1.57. The van der Waals surface area contributed by atoms with Crippen molar-refractivity contribution in [1.82, 2.24) is 9.88 Å². The standard InChI is InChI=1S/C33H28N6O4S/c1-2-43-31-6-4-3-5-28(31)33(38-19-17-37(18-20-38)26-13-15-36-16-14-26)29-21-25(23-35)9-12-30(29)39(32(33)40)44(41,42)27-10-7-24(22-34)8-11-27/h3-16,21H,2,17-20H2,1H3. The molecule has 220 valence electrons. The van der Waals surface area contributed by atoms with E-state index >= 15 is 4.79 Å². The molecule has 1 unspecified atom stereocenters. The second-order valence-corrected chi connectivity index (χ2v) is 12.2. The summed E-state index contributed by atoms with van der Waals surface area (Å²) in [5.74, 6) is -0.234. The molecular formula is C33H28N6O4S. The van der Waals surface area contributed by atoms with Gasteiger partial charge in [0.25, 0.3) is 15.9 Å². The zero-order valence-corrected chi connectivity index (χ0v) is 24.7. The van der Waals surface area contributed by atoms with Crippen molar-refractivity contribution in [3.8, 4) is 17.9 Å². The van der Waals surface area contributed by atoms with Crippen LogP contribution in [0.25, 0.3) is 0 Å². The van der Waals surface area contributed by atoms with Gasteiger partial charge in [-0.3, -0.25) is 14.7 Å². The molecule has 6 rings (SSSR count). The Morgan fingerprint density at radius 3 is 2.18 bits per heavy atom. The fraction of sp³-hybridized carbons (Fsp3) is 0.212. The van der Waals surface area contributed by atoms with Gasteiger partial charge in [-0.2, -0.15) is 10.5 Å². The van der Waals surface area contributed by atoms with Gasteiger partial charge in [0.15, 0.2) is 5.54 Å². The lowest BCUT2D eigenvalue weighted by atomic mass is 9.80. The van der Waals surface area contributed by atoms with Gasteiger partial charge in [0.05, 0.1) is 40.5 Å². The average Bonchev–Trinajstić information content (AvgIpc) is 3.34. The molecule has 0 spiro atoms. The summed E-state index contributed by atoms with van der Waals surface area (Å²) in [6.45, 7) is 4.12. The molecule has 1 atom stereocenters. The number of aromatic nitrogens is 1. The number of amides is 1. The van der Waals surface area contributed by atoms with Gasteiger partial charge in [0.2, 0.25) is 0 Å². The van der Waals surface area contributed by atoms with Crippen molar-refractivity contribution >= 4 is 27.3 Å². The quantitative estimate of drug-likeness (QED) is 0.307. The van der Waals surface area contributed by atoms with Crippen molar-refractivity contribution in [2.24, 2.45) is 0 Å². The Bertz CT molecular complexity index is 1910. The Hall–Kier alpha value is -5.23. The van der Waals surface area contributed by atoms with Gasteiger partial charge >= 0.3 is 0 Å². The molecule has 2 aliphatic heterocycles. The number of ether oxygens (including phenoxy) is 1. The molecule has 3 heterocycles. The first-order chi connectivity index (χ1) is 21.4. The average molecular weight is 605 g/mol. The molecule has 4 aromatic rings. The molecule has 2 aliphatic rings. The van der Waals surface area contributed by atoms with E-state index in [0.717, 1.165) is 9.99 Å². The van der Waals surface area contributed by atoms with Crippen LogP contribution in [0.1, 0.15) is 29.2 Å². The molecule has 1 saturated heterocycles. The van der Waals surface area contributed by atoms with Gasteiger partial charge in [0, 0.05) is 55.4 Å². The van der Waals surface area contributed by atoms with Crippen LogP contribution in [0.3, 0.4) is 0 Å². The van der Waals surface area contributed by atoms with Crippen LogP contribution in [0.4, 0.5) is 11.4 Å². The molecule has 0 aliphatic carbocycles. The van der Waals surface area contributed by atoms with Crippen LogP contribution >= 0.6 is 0 Å². The number of anilines is 2. The number of pyridine rings is 1. The van der Waals surface area contributed by atoms with Gasteiger partial charge in [-0.25, -0.2) is 12.7 Å². The van der Waals surface area contributed by atoms with E-state index in [2.05, 4.69) is 16.0 Å². The highest BCUT2D eigenvalue weighted by molar-refractivity contribution is 7.93. The molecule has 1 aromatic heterocycles. The van der Waals surface area contributed by atoms with Crippen molar-refractivity contribution in [3.05, 3.63) is 114 Å². The molecule has 1 fully saturated rings. The predicted octanol–water partition coefficient (Wildman–Crippen LogP) is 4.02. The van der Waals surface area contributed by atoms with E-state index in [-0.39, 0.29) is 10.6 Å². The van der Waals surface area contributed by atoms with Crippen molar-refractivity contribution in [2.75, 3.05) is 42.0 Å². The van der Waals surface area contributed by atoms with Crippen LogP contribution in [0.5, 0.6) is 5.75 Å². The molecule has 1 amide bonds. The SMILES string of the molecule is CCOc1ccccc1C1(N2CCN(c3ccncc3)CC2)C(=O)N(S(=O)(=O)c2ccc(C#N)cc2)c2ccc(C#N)cc21. The summed E-state index contributed by atoms with van der Waals surface area (Å²) in [4.78, 5) is 23.3. The number of benzene rings is 3. The van der Waals surface area contributed by atoms with E-state index < -0.39 is 21.5 Å². The first kappa shape index (κ1) is 28.9. The third-order valence-electron chi connectivity index (χ3n) is 8.11. The first-order valence-electron chi connectivity index (χ1n) is 14.1. The molecule has 10 nitrogen and oxygen atoms in total. The maximum absolute atomic E-state index is 15.1. The number of piperazine rings is 1. The third-order valence-corrected chi connectivity index (χ3v) is 9.82. The molecule has 3 aromatic carbocycles. The lowest BCUT2D eigenvalue weighted by Gasteiger charge is -2.46. The second-order valence-electron chi connectivity index (χ2n) is 10.4. The number of carbonyl (C=O) groups is 1. The summed E-state index contributed by atoms with van der Waals surface area (Å²) < 4.78 is 35.5. The lowest BCUT2D eigenvalue weighted by molar-refractivity contribution is -0.127. The van der Waals surface area contributed by atoms with Crippen molar-refractivity contribution < 1.29 is 17.9 Å². The van der Waals surface area contributed by atoms with Crippen molar-refractivity contribution in [1.29, 1.82) is 10.5 Å². The Morgan fingerprint density at radius 2 is 1.52 bits per heavy atom. The normalized spacial score (nSPS) is 18.4. The zero-order chi connectivity index (χ0) is 30.9.